The number of aromatic nitrogens is 1. The first kappa shape index (κ1) is 14.8. The van der Waals surface area contributed by atoms with Crippen LogP contribution < -0.4 is 4.18 Å². The first-order chi connectivity index (χ1) is 9.26. The maximum Gasteiger partial charge on any atom is 0.446 e. The molecule has 1 N–H and O–H groups in total. The van der Waals surface area contributed by atoms with Crippen LogP contribution in [0.4, 0.5) is 0 Å². The molecule has 0 spiro atoms. The molecule has 0 bridgehead atoms. The Bertz CT molecular complexity index is 706. The standard InChI is InChI=1S/C13H18N2O4S/c1-10(14(2)3)9-15-7-6-11-8-12(4-5-13(11)15)19-20(16,17)18/h4-8,10H,9H2,1-3H3,(H,16,17,18)/t10-/m1/s1. The molecule has 1 atom stereocenters. The first-order valence-corrected chi connectivity index (χ1v) is 7.55. The summed E-state index contributed by atoms with van der Waals surface area (Å²) in [7, 11) is -0.438. The summed E-state index contributed by atoms with van der Waals surface area (Å²) >= 11 is 0. The molecular formula is C13H18N2O4S. The fourth-order valence-electron chi connectivity index (χ4n) is 1.96. The van der Waals surface area contributed by atoms with Gasteiger partial charge in [0.15, 0.2) is 0 Å². The lowest BCUT2D eigenvalue weighted by Crippen LogP contribution is -2.28. The van der Waals surface area contributed by atoms with Gasteiger partial charge in [-0.2, -0.15) is 8.42 Å². The lowest BCUT2D eigenvalue weighted by molar-refractivity contribution is 0.286. The Labute approximate surface area is 118 Å². The Kier molecular flexibility index (Phi) is 4.03. The van der Waals surface area contributed by atoms with Crippen molar-refractivity contribution in [2.45, 2.75) is 19.5 Å². The van der Waals surface area contributed by atoms with Crippen molar-refractivity contribution in [1.82, 2.24) is 9.47 Å². The molecule has 0 aliphatic carbocycles. The van der Waals surface area contributed by atoms with Gasteiger partial charge in [-0.3, -0.25) is 4.55 Å². The Morgan fingerprint density at radius 2 is 2.05 bits per heavy atom. The van der Waals surface area contributed by atoms with E-state index in [4.69, 9.17) is 4.55 Å². The molecule has 0 saturated heterocycles. The van der Waals surface area contributed by atoms with Gasteiger partial charge in [-0.25, -0.2) is 0 Å². The van der Waals surface area contributed by atoms with E-state index >= 15 is 0 Å². The maximum absolute atomic E-state index is 10.7. The summed E-state index contributed by atoms with van der Waals surface area (Å²) in [6.07, 6.45) is 1.95. The largest absolute Gasteiger partial charge is 0.446 e. The smallest absolute Gasteiger partial charge is 0.362 e. The second-order valence-corrected chi connectivity index (χ2v) is 6.03. The van der Waals surface area contributed by atoms with E-state index in [-0.39, 0.29) is 5.75 Å². The van der Waals surface area contributed by atoms with Crippen molar-refractivity contribution in [2.24, 2.45) is 0 Å². The lowest BCUT2D eigenvalue weighted by Gasteiger charge is -2.20. The maximum atomic E-state index is 10.7. The highest BCUT2D eigenvalue weighted by atomic mass is 32.3. The van der Waals surface area contributed by atoms with Gasteiger partial charge in [0.2, 0.25) is 0 Å². The van der Waals surface area contributed by atoms with E-state index in [0.29, 0.717) is 6.04 Å². The fourth-order valence-corrected chi connectivity index (χ4v) is 2.31. The molecule has 110 valence electrons. The molecular weight excluding hydrogens is 280 g/mol. The Hall–Kier alpha value is -1.57. The van der Waals surface area contributed by atoms with Crippen LogP contribution in [-0.2, 0) is 16.9 Å². The minimum absolute atomic E-state index is 0.0957. The van der Waals surface area contributed by atoms with Gasteiger partial charge >= 0.3 is 10.4 Å². The van der Waals surface area contributed by atoms with Crippen LogP contribution in [0.25, 0.3) is 10.9 Å². The monoisotopic (exact) mass is 298 g/mol. The van der Waals surface area contributed by atoms with Gasteiger partial charge in [0.05, 0.1) is 0 Å². The van der Waals surface area contributed by atoms with E-state index in [1.807, 2.05) is 26.4 Å². The highest BCUT2D eigenvalue weighted by molar-refractivity contribution is 7.81. The van der Waals surface area contributed by atoms with Crippen LogP contribution in [0, 0.1) is 0 Å². The molecule has 1 heterocycles. The fraction of sp³-hybridized carbons (Fsp3) is 0.385. The number of hydrogen-bond acceptors (Lipinski definition) is 4. The van der Waals surface area contributed by atoms with E-state index in [2.05, 4.69) is 20.6 Å². The lowest BCUT2D eigenvalue weighted by atomic mass is 10.2. The highest BCUT2D eigenvalue weighted by Crippen LogP contribution is 2.23. The quantitative estimate of drug-likeness (QED) is 0.852. The topological polar surface area (TPSA) is 71.8 Å². The third-order valence-electron chi connectivity index (χ3n) is 3.29. The second kappa shape index (κ2) is 5.43. The molecule has 20 heavy (non-hydrogen) atoms. The molecule has 2 aromatic rings. The summed E-state index contributed by atoms with van der Waals surface area (Å²) in [5.74, 6) is 0.0957. The van der Waals surface area contributed by atoms with Crippen molar-refractivity contribution in [3.63, 3.8) is 0 Å². The van der Waals surface area contributed by atoms with Crippen LogP contribution in [0.15, 0.2) is 30.5 Å². The minimum atomic E-state index is -4.48. The summed E-state index contributed by atoms with van der Waals surface area (Å²) in [6, 6.07) is 7.14. The summed E-state index contributed by atoms with van der Waals surface area (Å²) in [4.78, 5) is 2.13. The third kappa shape index (κ3) is 3.50. The molecule has 0 radical (unpaired) electrons. The highest BCUT2D eigenvalue weighted by Gasteiger charge is 2.11. The third-order valence-corrected chi connectivity index (χ3v) is 3.69. The van der Waals surface area contributed by atoms with Crippen molar-refractivity contribution in [3.8, 4) is 5.75 Å². The average Bonchev–Trinajstić information content (AvgIpc) is 2.69. The van der Waals surface area contributed by atoms with Crippen LogP contribution in [-0.4, -0.2) is 42.6 Å². The van der Waals surface area contributed by atoms with Crippen LogP contribution in [0.5, 0.6) is 5.75 Å². The molecule has 0 amide bonds. The van der Waals surface area contributed by atoms with Crippen molar-refractivity contribution < 1.29 is 17.2 Å². The number of rotatable bonds is 5. The molecule has 0 aliphatic rings. The van der Waals surface area contributed by atoms with Crippen molar-refractivity contribution in [1.29, 1.82) is 0 Å². The molecule has 7 heteroatoms. The van der Waals surface area contributed by atoms with Crippen LogP contribution in [0.1, 0.15) is 6.92 Å². The predicted octanol–water partition coefficient (Wildman–Crippen LogP) is 1.77. The predicted molar refractivity (Wildman–Crippen MR) is 77.3 cm³/mol. The molecule has 0 saturated carbocycles. The molecule has 6 nitrogen and oxygen atoms in total. The average molecular weight is 298 g/mol. The van der Waals surface area contributed by atoms with Crippen LogP contribution >= 0.6 is 0 Å². The van der Waals surface area contributed by atoms with Gasteiger partial charge in [0.1, 0.15) is 5.75 Å². The van der Waals surface area contributed by atoms with Crippen LogP contribution in [0.2, 0.25) is 0 Å². The van der Waals surface area contributed by atoms with Crippen molar-refractivity contribution in [2.75, 3.05) is 14.1 Å². The summed E-state index contributed by atoms with van der Waals surface area (Å²) in [6.45, 7) is 2.96. The SMILES string of the molecule is C[C@H](Cn1ccc2cc(OS(=O)(=O)O)ccc21)N(C)C. The molecule has 0 aliphatic heterocycles. The van der Waals surface area contributed by atoms with Crippen LogP contribution in [0.3, 0.4) is 0 Å². The van der Waals surface area contributed by atoms with Crippen molar-refractivity contribution in [3.05, 3.63) is 30.5 Å². The van der Waals surface area contributed by atoms with Gasteiger partial charge in [-0.1, -0.05) is 0 Å². The first-order valence-electron chi connectivity index (χ1n) is 6.18. The Balaban J connectivity index is 2.29. The molecule has 1 aromatic carbocycles. The number of benzene rings is 1. The van der Waals surface area contributed by atoms with Crippen molar-refractivity contribution >= 4 is 21.3 Å². The van der Waals surface area contributed by atoms with E-state index in [0.717, 1.165) is 17.4 Å². The molecule has 0 unspecified atom stereocenters. The minimum Gasteiger partial charge on any atom is -0.362 e. The normalized spacial score (nSPS) is 13.8. The zero-order chi connectivity index (χ0) is 14.9. The van der Waals surface area contributed by atoms with Gasteiger partial charge in [-0.15, -0.1) is 0 Å². The molecule has 1 aromatic heterocycles. The van der Waals surface area contributed by atoms with E-state index in [1.165, 1.54) is 6.07 Å². The van der Waals surface area contributed by atoms with Gasteiger partial charge in [-0.05, 0) is 45.3 Å². The van der Waals surface area contributed by atoms with Gasteiger partial charge < -0.3 is 13.7 Å². The number of hydrogen-bond donors (Lipinski definition) is 1. The summed E-state index contributed by atoms with van der Waals surface area (Å²) in [5, 5.41) is 0.858. The second-order valence-electron chi connectivity index (χ2n) is 5.01. The summed E-state index contributed by atoms with van der Waals surface area (Å²) in [5.41, 5.74) is 0.987. The van der Waals surface area contributed by atoms with E-state index < -0.39 is 10.4 Å². The Morgan fingerprint density at radius 3 is 2.65 bits per heavy atom. The molecule has 0 fully saturated rings. The zero-order valence-electron chi connectivity index (χ0n) is 11.6. The van der Waals surface area contributed by atoms with E-state index in [9.17, 15) is 8.42 Å². The molecule has 2 rings (SSSR count). The number of fused-ring (bicyclic) bond motifs is 1. The summed E-state index contributed by atoms with van der Waals surface area (Å²) < 4.78 is 36.6. The number of likely N-dealkylation sites (N-methyl/N-ethyl adjacent to an activating group) is 1. The Morgan fingerprint density at radius 1 is 1.35 bits per heavy atom. The zero-order valence-corrected chi connectivity index (χ0v) is 12.5. The van der Waals surface area contributed by atoms with Gasteiger partial charge in [0.25, 0.3) is 0 Å². The van der Waals surface area contributed by atoms with E-state index in [1.54, 1.807) is 12.1 Å². The number of nitrogens with zero attached hydrogens (tertiary/aromatic N) is 2. The van der Waals surface area contributed by atoms with Gasteiger partial charge in [0, 0.05) is 29.7 Å².